The second-order valence-corrected chi connectivity index (χ2v) is 4.08. The molecular formula is C13H10N2O5. The Bertz CT molecular complexity index is 715. The number of nitro groups is 1. The standard InChI is InChI=1S/C13H10N2O5/c16-10-4-6-14(7-5-10)8-9-2-1-3-11(15(19)20)12(9)13(17)18/h1-7H,8H2,(H,17,18). The van der Waals surface area contributed by atoms with E-state index in [2.05, 4.69) is 0 Å². The highest BCUT2D eigenvalue weighted by molar-refractivity contribution is 5.94. The lowest BCUT2D eigenvalue weighted by Crippen LogP contribution is -2.11. The summed E-state index contributed by atoms with van der Waals surface area (Å²) < 4.78 is 1.58. The molecule has 0 aliphatic carbocycles. The van der Waals surface area contributed by atoms with E-state index in [1.165, 1.54) is 36.7 Å². The van der Waals surface area contributed by atoms with Gasteiger partial charge in [0.25, 0.3) is 5.69 Å². The maximum atomic E-state index is 11.2. The van der Waals surface area contributed by atoms with Crippen LogP contribution in [0.15, 0.2) is 47.5 Å². The van der Waals surface area contributed by atoms with E-state index in [0.29, 0.717) is 5.56 Å². The number of rotatable bonds is 4. The first-order chi connectivity index (χ1) is 9.49. The number of aromatic nitrogens is 1. The van der Waals surface area contributed by atoms with Gasteiger partial charge in [0.1, 0.15) is 5.56 Å². The van der Waals surface area contributed by atoms with E-state index in [1.807, 2.05) is 0 Å². The Morgan fingerprint density at radius 3 is 2.45 bits per heavy atom. The topological polar surface area (TPSA) is 102 Å². The molecule has 0 fully saturated rings. The van der Waals surface area contributed by atoms with Crippen molar-refractivity contribution < 1.29 is 14.8 Å². The van der Waals surface area contributed by atoms with Gasteiger partial charge in [-0.15, -0.1) is 0 Å². The maximum Gasteiger partial charge on any atom is 0.343 e. The summed E-state index contributed by atoms with van der Waals surface area (Å²) in [5.74, 6) is -1.35. The average molecular weight is 274 g/mol. The van der Waals surface area contributed by atoms with Crippen LogP contribution < -0.4 is 5.43 Å². The number of nitrogens with zero attached hydrogens (tertiary/aromatic N) is 2. The Labute approximate surface area is 112 Å². The van der Waals surface area contributed by atoms with Crippen molar-refractivity contribution in [2.24, 2.45) is 0 Å². The second kappa shape index (κ2) is 5.35. The van der Waals surface area contributed by atoms with Crippen LogP contribution in [0.25, 0.3) is 0 Å². The Morgan fingerprint density at radius 2 is 1.90 bits per heavy atom. The lowest BCUT2D eigenvalue weighted by atomic mass is 10.1. The van der Waals surface area contributed by atoms with E-state index < -0.39 is 16.6 Å². The zero-order chi connectivity index (χ0) is 14.7. The third-order valence-corrected chi connectivity index (χ3v) is 2.75. The van der Waals surface area contributed by atoms with Gasteiger partial charge in [0.05, 0.1) is 4.92 Å². The molecule has 1 aromatic carbocycles. The number of pyridine rings is 1. The molecule has 1 heterocycles. The van der Waals surface area contributed by atoms with Crippen LogP contribution in [0.1, 0.15) is 15.9 Å². The number of benzene rings is 1. The molecule has 0 aliphatic rings. The van der Waals surface area contributed by atoms with E-state index in [9.17, 15) is 19.7 Å². The van der Waals surface area contributed by atoms with E-state index in [1.54, 1.807) is 4.57 Å². The van der Waals surface area contributed by atoms with Crippen molar-refractivity contribution in [2.75, 3.05) is 0 Å². The van der Waals surface area contributed by atoms with Crippen molar-refractivity contribution in [1.82, 2.24) is 4.57 Å². The molecule has 0 saturated carbocycles. The molecule has 0 bridgehead atoms. The third kappa shape index (κ3) is 2.72. The molecule has 2 aromatic rings. The van der Waals surface area contributed by atoms with Crippen LogP contribution in [0.2, 0.25) is 0 Å². The van der Waals surface area contributed by atoms with Crippen LogP contribution in [-0.4, -0.2) is 20.6 Å². The first-order valence-electron chi connectivity index (χ1n) is 5.64. The average Bonchev–Trinajstić information content (AvgIpc) is 2.40. The highest BCUT2D eigenvalue weighted by atomic mass is 16.6. The lowest BCUT2D eigenvalue weighted by Gasteiger charge is -2.09. The summed E-state index contributed by atoms with van der Waals surface area (Å²) in [7, 11) is 0. The Morgan fingerprint density at radius 1 is 1.25 bits per heavy atom. The summed E-state index contributed by atoms with van der Waals surface area (Å²) in [5.41, 5.74) is -0.652. The number of carboxylic acid groups (broad SMARTS) is 1. The van der Waals surface area contributed by atoms with Gasteiger partial charge in [0.15, 0.2) is 5.43 Å². The number of carbonyl (C=O) groups is 1. The van der Waals surface area contributed by atoms with E-state index in [-0.39, 0.29) is 17.5 Å². The summed E-state index contributed by atoms with van der Waals surface area (Å²) in [6.45, 7) is 0.129. The lowest BCUT2D eigenvalue weighted by molar-refractivity contribution is -0.385. The minimum absolute atomic E-state index is 0.129. The Hall–Kier alpha value is -2.96. The van der Waals surface area contributed by atoms with Crippen molar-refractivity contribution in [2.45, 2.75) is 6.54 Å². The van der Waals surface area contributed by atoms with E-state index in [4.69, 9.17) is 5.11 Å². The molecule has 0 amide bonds. The molecule has 0 atom stereocenters. The molecule has 1 aromatic heterocycles. The van der Waals surface area contributed by atoms with E-state index in [0.717, 1.165) is 6.07 Å². The van der Waals surface area contributed by atoms with Gasteiger partial charge in [-0.1, -0.05) is 12.1 Å². The number of aromatic carboxylic acids is 1. The molecule has 7 heteroatoms. The Balaban J connectivity index is 2.48. The van der Waals surface area contributed by atoms with Crippen molar-refractivity contribution in [3.63, 3.8) is 0 Å². The van der Waals surface area contributed by atoms with E-state index >= 15 is 0 Å². The molecule has 0 unspecified atom stereocenters. The Kier molecular flexibility index (Phi) is 3.60. The van der Waals surface area contributed by atoms with Crippen molar-refractivity contribution >= 4 is 11.7 Å². The van der Waals surface area contributed by atoms with Crippen LogP contribution in [0.4, 0.5) is 5.69 Å². The minimum Gasteiger partial charge on any atom is -0.477 e. The summed E-state index contributed by atoms with van der Waals surface area (Å²) in [6, 6.07) is 6.75. The molecule has 0 aliphatic heterocycles. The van der Waals surface area contributed by atoms with Crippen molar-refractivity contribution in [3.05, 3.63) is 74.2 Å². The second-order valence-electron chi connectivity index (χ2n) is 4.08. The first-order valence-corrected chi connectivity index (χ1v) is 5.64. The first kappa shape index (κ1) is 13.5. The van der Waals surface area contributed by atoms with Crippen LogP contribution in [0.5, 0.6) is 0 Å². The van der Waals surface area contributed by atoms with Gasteiger partial charge < -0.3 is 9.67 Å². The van der Waals surface area contributed by atoms with Crippen molar-refractivity contribution in [3.8, 4) is 0 Å². The van der Waals surface area contributed by atoms with Crippen LogP contribution >= 0.6 is 0 Å². The molecule has 0 saturated heterocycles. The van der Waals surface area contributed by atoms with Gasteiger partial charge in [0, 0.05) is 37.1 Å². The number of carboxylic acids is 1. The number of hydrogen-bond donors (Lipinski definition) is 1. The molecule has 0 spiro atoms. The number of hydrogen-bond acceptors (Lipinski definition) is 4. The third-order valence-electron chi connectivity index (χ3n) is 2.75. The number of nitro benzene ring substituents is 1. The zero-order valence-electron chi connectivity index (χ0n) is 10.2. The molecule has 20 heavy (non-hydrogen) atoms. The van der Waals surface area contributed by atoms with Gasteiger partial charge in [-0.25, -0.2) is 4.79 Å². The summed E-state index contributed by atoms with van der Waals surface area (Å²) >= 11 is 0. The molecule has 102 valence electrons. The summed E-state index contributed by atoms with van der Waals surface area (Å²) in [6.07, 6.45) is 2.99. The predicted octanol–water partition coefficient (Wildman–Crippen LogP) is 1.50. The highest BCUT2D eigenvalue weighted by Crippen LogP contribution is 2.23. The van der Waals surface area contributed by atoms with Crippen LogP contribution in [0.3, 0.4) is 0 Å². The summed E-state index contributed by atoms with van der Waals surface area (Å²) in [5, 5.41) is 20.0. The fourth-order valence-corrected chi connectivity index (χ4v) is 1.86. The normalized spacial score (nSPS) is 10.2. The summed E-state index contributed by atoms with van der Waals surface area (Å²) in [4.78, 5) is 32.4. The minimum atomic E-state index is -1.35. The smallest absolute Gasteiger partial charge is 0.343 e. The fourth-order valence-electron chi connectivity index (χ4n) is 1.86. The molecule has 1 N–H and O–H groups in total. The SMILES string of the molecule is O=C(O)c1c(Cn2ccc(=O)cc2)cccc1[N+](=O)[O-]. The van der Waals surface area contributed by atoms with Crippen LogP contribution in [-0.2, 0) is 6.54 Å². The van der Waals surface area contributed by atoms with Gasteiger partial charge in [-0.2, -0.15) is 0 Å². The van der Waals surface area contributed by atoms with Gasteiger partial charge >= 0.3 is 5.97 Å². The molecule has 7 nitrogen and oxygen atoms in total. The largest absolute Gasteiger partial charge is 0.477 e. The highest BCUT2D eigenvalue weighted by Gasteiger charge is 2.23. The fraction of sp³-hybridized carbons (Fsp3) is 0.0769. The van der Waals surface area contributed by atoms with Crippen molar-refractivity contribution in [1.29, 1.82) is 0 Å². The van der Waals surface area contributed by atoms with Gasteiger partial charge in [-0.3, -0.25) is 14.9 Å². The quantitative estimate of drug-likeness (QED) is 0.672. The monoisotopic (exact) mass is 274 g/mol. The van der Waals surface area contributed by atoms with Gasteiger partial charge in [0.2, 0.25) is 0 Å². The van der Waals surface area contributed by atoms with Gasteiger partial charge in [-0.05, 0) is 5.56 Å². The molecule has 2 rings (SSSR count). The maximum absolute atomic E-state index is 11.2. The predicted molar refractivity (Wildman–Crippen MR) is 69.9 cm³/mol. The molecular weight excluding hydrogens is 264 g/mol. The van der Waals surface area contributed by atoms with Crippen LogP contribution in [0, 0.1) is 10.1 Å². The zero-order valence-corrected chi connectivity index (χ0v) is 10.2. The molecule has 0 radical (unpaired) electrons.